The molecule has 9 heteroatoms. The van der Waals surface area contributed by atoms with Gasteiger partial charge in [0.15, 0.2) is 6.10 Å². The van der Waals surface area contributed by atoms with Crippen LogP contribution in [-0.4, -0.2) is 39.6 Å². The number of hydrogen-bond acceptors (Lipinski definition) is 5. The lowest BCUT2D eigenvalue weighted by molar-refractivity contribution is -0.127. The first-order chi connectivity index (χ1) is 12.8. The van der Waals surface area contributed by atoms with Crippen LogP contribution in [0, 0.1) is 6.92 Å². The molecular weight excluding hydrogens is 352 g/mol. The molecular formula is C18H20N4O5. The number of hydrogen-bond donors (Lipinski definition) is 3. The lowest BCUT2D eigenvalue weighted by atomic mass is 10.2. The van der Waals surface area contributed by atoms with Crippen LogP contribution in [0.4, 0.5) is 4.79 Å². The van der Waals surface area contributed by atoms with Gasteiger partial charge in [-0.05, 0) is 51.0 Å². The van der Waals surface area contributed by atoms with Crippen LogP contribution in [0.25, 0.3) is 5.69 Å². The molecule has 0 radical (unpaired) electrons. The Morgan fingerprint density at radius 1 is 1.22 bits per heavy atom. The predicted molar refractivity (Wildman–Crippen MR) is 95.7 cm³/mol. The van der Waals surface area contributed by atoms with Crippen molar-refractivity contribution in [2.75, 3.05) is 0 Å². The van der Waals surface area contributed by atoms with Crippen LogP contribution in [0.2, 0.25) is 0 Å². The number of aromatic amines is 1. The van der Waals surface area contributed by atoms with Crippen molar-refractivity contribution < 1.29 is 19.1 Å². The number of imide groups is 1. The van der Waals surface area contributed by atoms with E-state index in [-0.39, 0.29) is 17.3 Å². The van der Waals surface area contributed by atoms with Gasteiger partial charge in [0.1, 0.15) is 0 Å². The Hall–Kier alpha value is -3.36. The van der Waals surface area contributed by atoms with Gasteiger partial charge in [0.05, 0.1) is 11.3 Å². The first kappa shape index (κ1) is 18.4. The van der Waals surface area contributed by atoms with Crippen LogP contribution >= 0.6 is 0 Å². The summed E-state index contributed by atoms with van der Waals surface area (Å²) in [4.78, 5) is 50.0. The van der Waals surface area contributed by atoms with E-state index < -0.39 is 24.0 Å². The number of ether oxygens (including phenoxy) is 1. The van der Waals surface area contributed by atoms with E-state index in [4.69, 9.17) is 4.74 Å². The topological polar surface area (TPSA) is 122 Å². The zero-order valence-electron chi connectivity index (χ0n) is 14.9. The Bertz CT molecular complexity index is 924. The third-order valence-corrected chi connectivity index (χ3v) is 4.12. The van der Waals surface area contributed by atoms with Gasteiger partial charge in [-0.3, -0.25) is 14.7 Å². The normalized spacial score (nSPS) is 14.3. The number of amides is 3. The fourth-order valence-corrected chi connectivity index (χ4v) is 2.47. The van der Waals surface area contributed by atoms with Crippen LogP contribution in [-0.2, 0) is 9.53 Å². The van der Waals surface area contributed by atoms with Crippen LogP contribution in [0.3, 0.4) is 0 Å². The van der Waals surface area contributed by atoms with Gasteiger partial charge in [0, 0.05) is 17.9 Å². The number of esters is 1. The molecule has 1 saturated carbocycles. The Morgan fingerprint density at radius 2 is 1.89 bits per heavy atom. The molecule has 1 aromatic heterocycles. The van der Waals surface area contributed by atoms with E-state index in [0.29, 0.717) is 5.69 Å². The number of nitrogens with one attached hydrogen (secondary N) is 3. The van der Waals surface area contributed by atoms with Crippen LogP contribution in [0.15, 0.2) is 35.3 Å². The van der Waals surface area contributed by atoms with Crippen molar-refractivity contribution in [2.24, 2.45) is 0 Å². The van der Waals surface area contributed by atoms with Crippen LogP contribution in [0.1, 0.15) is 35.8 Å². The highest BCUT2D eigenvalue weighted by atomic mass is 16.5. The second-order valence-corrected chi connectivity index (χ2v) is 6.40. The number of urea groups is 1. The van der Waals surface area contributed by atoms with E-state index in [1.165, 1.54) is 23.6 Å². The largest absolute Gasteiger partial charge is 0.449 e. The molecule has 1 aromatic carbocycles. The van der Waals surface area contributed by atoms with Gasteiger partial charge in [-0.25, -0.2) is 14.4 Å². The van der Waals surface area contributed by atoms with Crippen LogP contribution < -0.4 is 16.3 Å². The number of imidazole rings is 1. The van der Waals surface area contributed by atoms with Gasteiger partial charge in [-0.2, -0.15) is 0 Å². The van der Waals surface area contributed by atoms with Crippen molar-refractivity contribution in [1.82, 2.24) is 20.2 Å². The summed E-state index contributed by atoms with van der Waals surface area (Å²) in [7, 11) is 0. The Morgan fingerprint density at radius 3 is 2.44 bits per heavy atom. The molecule has 1 heterocycles. The lowest BCUT2D eigenvalue weighted by Crippen LogP contribution is -2.45. The number of aromatic nitrogens is 2. The molecule has 0 saturated heterocycles. The third kappa shape index (κ3) is 4.43. The van der Waals surface area contributed by atoms with Crippen molar-refractivity contribution in [2.45, 2.75) is 38.8 Å². The van der Waals surface area contributed by atoms with Gasteiger partial charge in [0.2, 0.25) is 0 Å². The lowest BCUT2D eigenvalue weighted by Gasteiger charge is -2.13. The molecule has 0 spiro atoms. The molecule has 3 N–H and O–H groups in total. The molecule has 0 aliphatic heterocycles. The zero-order valence-corrected chi connectivity index (χ0v) is 14.9. The summed E-state index contributed by atoms with van der Waals surface area (Å²) in [6.45, 7) is 3.16. The molecule has 2 aromatic rings. The molecule has 9 nitrogen and oxygen atoms in total. The summed E-state index contributed by atoms with van der Waals surface area (Å²) >= 11 is 0. The molecule has 1 aliphatic carbocycles. The number of benzene rings is 1. The number of aryl methyl sites for hydroxylation is 1. The van der Waals surface area contributed by atoms with Crippen molar-refractivity contribution >= 4 is 17.9 Å². The average molecular weight is 372 g/mol. The Balaban J connectivity index is 1.59. The first-order valence-corrected chi connectivity index (χ1v) is 8.55. The van der Waals surface area contributed by atoms with E-state index >= 15 is 0 Å². The Kier molecular flexibility index (Phi) is 5.11. The standard InChI is InChI=1S/C18H20N4O5/c1-10-9-19-18(26)22(10)14-7-3-12(4-8-14)16(24)27-11(2)15(23)21-17(25)20-13-5-6-13/h3-4,7-9,11,13H,5-6H2,1-2H3,(H,19,26)(H2,20,21,23,25). The smallest absolute Gasteiger partial charge is 0.338 e. The summed E-state index contributed by atoms with van der Waals surface area (Å²) in [6, 6.07) is 5.73. The quantitative estimate of drug-likeness (QED) is 0.676. The van der Waals surface area contributed by atoms with Gasteiger partial charge >= 0.3 is 17.7 Å². The molecule has 27 heavy (non-hydrogen) atoms. The first-order valence-electron chi connectivity index (χ1n) is 8.55. The van der Waals surface area contributed by atoms with Crippen molar-refractivity contribution in [3.05, 3.63) is 52.2 Å². The molecule has 1 fully saturated rings. The monoisotopic (exact) mass is 372 g/mol. The third-order valence-electron chi connectivity index (χ3n) is 4.12. The second-order valence-electron chi connectivity index (χ2n) is 6.40. The van der Waals surface area contributed by atoms with E-state index in [1.54, 1.807) is 25.3 Å². The highest BCUT2D eigenvalue weighted by Gasteiger charge is 2.26. The van der Waals surface area contributed by atoms with Crippen molar-refractivity contribution in [3.63, 3.8) is 0 Å². The van der Waals surface area contributed by atoms with E-state index in [2.05, 4.69) is 15.6 Å². The van der Waals surface area contributed by atoms with Gasteiger partial charge in [-0.1, -0.05) is 0 Å². The summed E-state index contributed by atoms with van der Waals surface area (Å²) in [5, 5.41) is 4.75. The molecule has 142 valence electrons. The van der Waals surface area contributed by atoms with E-state index in [1.807, 2.05) is 0 Å². The molecule has 3 amide bonds. The minimum atomic E-state index is -1.13. The highest BCUT2D eigenvalue weighted by Crippen LogP contribution is 2.18. The summed E-state index contributed by atoms with van der Waals surface area (Å²) < 4.78 is 6.55. The second kappa shape index (κ2) is 7.48. The molecule has 3 rings (SSSR count). The fourth-order valence-electron chi connectivity index (χ4n) is 2.47. The van der Waals surface area contributed by atoms with E-state index in [0.717, 1.165) is 18.5 Å². The van der Waals surface area contributed by atoms with Gasteiger partial charge in [-0.15, -0.1) is 0 Å². The molecule has 1 atom stereocenters. The predicted octanol–water partition coefficient (Wildman–Crippen LogP) is 1.01. The van der Waals surface area contributed by atoms with Gasteiger partial charge < -0.3 is 15.0 Å². The number of nitrogens with zero attached hydrogens (tertiary/aromatic N) is 1. The maximum Gasteiger partial charge on any atom is 0.338 e. The van der Waals surface area contributed by atoms with E-state index in [9.17, 15) is 19.2 Å². The minimum absolute atomic E-state index is 0.116. The number of carbonyl (C=O) groups excluding carboxylic acids is 3. The summed E-state index contributed by atoms with van der Waals surface area (Å²) in [5.74, 6) is -1.41. The minimum Gasteiger partial charge on any atom is -0.449 e. The number of carbonyl (C=O) groups is 3. The molecule has 1 aliphatic rings. The molecule has 0 bridgehead atoms. The zero-order chi connectivity index (χ0) is 19.6. The average Bonchev–Trinajstić information content (AvgIpc) is 3.37. The Labute approximate surface area is 154 Å². The highest BCUT2D eigenvalue weighted by molar-refractivity contribution is 5.98. The van der Waals surface area contributed by atoms with Crippen molar-refractivity contribution in [3.8, 4) is 5.69 Å². The number of rotatable bonds is 5. The fraction of sp³-hybridized carbons (Fsp3) is 0.333. The van der Waals surface area contributed by atoms with Crippen molar-refractivity contribution in [1.29, 1.82) is 0 Å². The maximum atomic E-state index is 12.2. The van der Waals surface area contributed by atoms with Crippen LogP contribution in [0.5, 0.6) is 0 Å². The summed E-state index contributed by atoms with van der Waals surface area (Å²) in [6.07, 6.45) is 2.26. The SMILES string of the molecule is Cc1c[nH]c(=O)n1-c1ccc(C(=O)OC(C)C(=O)NC(=O)NC2CC2)cc1. The number of H-pyrrole nitrogens is 1. The summed E-state index contributed by atoms with van der Waals surface area (Å²) in [5.41, 5.74) is 1.27. The molecule has 1 unspecified atom stereocenters. The van der Waals surface area contributed by atoms with Gasteiger partial charge in [0.25, 0.3) is 5.91 Å². The maximum absolute atomic E-state index is 12.2.